The predicted octanol–water partition coefficient (Wildman–Crippen LogP) is 4.22. The molecule has 3 aromatic rings. The summed E-state index contributed by atoms with van der Waals surface area (Å²) in [6.45, 7) is 6.65. The van der Waals surface area contributed by atoms with E-state index in [4.69, 9.17) is 0 Å². The number of fused-ring (bicyclic) bond motifs is 1. The molecular formula is C18H20F2N4OS. The van der Waals surface area contributed by atoms with Gasteiger partial charge in [-0.05, 0) is 32.4 Å². The van der Waals surface area contributed by atoms with E-state index >= 15 is 0 Å². The molecule has 0 radical (unpaired) electrons. The molecule has 0 spiro atoms. The number of nitrogens with zero attached hydrogens (tertiary/aromatic N) is 4. The highest BCUT2D eigenvalue weighted by molar-refractivity contribution is 7.22. The first kappa shape index (κ1) is 18.4. The first-order chi connectivity index (χ1) is 12.4. The quantitative estimate of drug-likeness (QED) is 0.645. The molecule has 0 saturated heterocycles. The fourth-order valence-corrected chi connectivity index (χ4v) is 3.88. The van der Waals surface area contributed by atoms with E-state index < -0.39 is 11.6 Å². The molecule has 0 atom stereocenters. The zero-order valence-corrected chi connectivity index (χ0v) is 15.7. The molecule has 0 N–H and O–H groups in total. The van der Waals surface area contributed by atoms with Crippen LogP contribution in [0.5, 0.6) is 0 Å². The zero-order valence-electron chi connectivity index (χ0n) is 14.9. The van der Waals surface area contributed by atoms with Crippen LogP contribution in [0.2, 0.25) is 0 Å². The van der Waals surface area contributed by atoms with Crippen molar-refractivity contribution in [2.75, 3.05) is 11.4 Å². The number of hydrogen-bond acceptors (Lipinski definition) is 4. The van der Waals surface area contributed by atoms with Crippen LogP contribution in [0.1, 0.15) is 31.2 Å². The van der Waals surface area contributed by atoms with Gasteiger partial charge in [0.15, 0.2) is 10.9 Å². The molecule has 0 saturated carbocycles. The van der Waals surface area contributed by atoms with Gasteiger partial charge in [0.05, 0.1) is 16.9 Å². The van der Waals surface area contributed by atoms with Crippen molar-refractivity contribution in [1.82, 2.24) is 14.8 Å². The van der Waals surface area contributed by atoms with Gasteiger partial charge in [-0.15, -0.1) is 0 Å². The smallest absolute Gasteiger partial charge is 0.228 e. The predicted molar refractivity (Wildman–Crippen MR) is 98.5 cm³/mol. The van der Waals surface area contributed by atoms with E-state index in [0.717, 1.165) is 28.8 Å². The van der Waals surface area contributed by atoms with Gasteiger partial charge >= 0.3 is 0 Å². The highest BCUT2D eigenvalue weighted by atomic mass is 32.1. The third kappa shape index (κ3) is 3.75. The van der Waals surface area contributed by atoms with Crippen molar-refractivity contribution in [2.45, 2.75) is 40.2 Å². The molecule has 0 aliphatic rings. The van der Waals surface area contributed by atoms with Crippen molar-refractivity contribution in [2.24, 2.45) is 0 Å². The minimum atomic E-state index is -0.719. The molecule has 8 heteroatoms. The van der Waals surface area contributed by atoms with Crippen LogP contribution in [0.3, 0.4) is 0 Å². The second-order valence-electron chi connectivity index (χ2n) is 6.18. The van der Waals surface area contributed by atoms with Gasteiger partial charge in [0, 0.05) is 24.7 Å². The first-order valence-corrected chi connectivity index (χ1v) is 9.27. The Morgan fingerprint density at radius 2 is 2.04 bits per heavy atom. The lowest BCUT2D eigenvalue weighted by atomic mass is 10.3. The van der Waals surface area contributed by atoms with E-state index in [0.29, 0.717) is 35.8 Å². The van der Waals surface area contributed by atoms with Crippen LogP contribution in [-0.2, 0) is 11.3 Å². The Morgan fingerprint density at radius 1 is 1.27 bits per heavy atom. The number of hydrogen-bond donors (Lipinski definition) is 0. The Kier molecular flexibility index (Phi) is 5.31. The summed E-state index contributed by atoms with van der Waals surface area (Å²) in [5.74, 6) is -1.46. The van der Waals surface area contributed by atoms with Gasteiger partial charge in [-0.2, -0.15) is 5.10 Å². The highest BCUT2D eigenvalue weighted by Crippen LogP contribution is 2.31. The second-order valence-corrected chi connectivity index (χ2v) is 7.19. The molecule has 26 heavy (non-hydrogen) atoms. The molecule has 1 amide bonds. The Morgan fingerprint density at radius 3 is 2.69 bits per heavy atom. The maximum Gasteiger partial charge on any atom is 0.228 e. The zero-order chi connectivity index (χ0) is 18.8. The lowest BCUT2D eigenvalue weighted by Gasteiger charge is -2.20. The number of halogens is 2. The molecule has 0 aliphatic carbocycles. The summed E-state index contributed by atoms with van der Waals surface area (Å²) < 4.78 is 29.6. The van der Waals surface area contributed by atoms with Gasteiger partial charge in [-0.3, -0.25) is 14.4 Å². The Labute approximate surface area is 154 Å². The molecule has 3 rings (SSSR count). The lowest BCUT2D eigenvalue weighted by Crippen LogP contribution is -2.34. The van der Waals surface area contributed by atoms with Crippen molar-refractivity contribution in [3.05, 3.63) is 41.2 Å². The summed E-state index contributed by atoms with van der Waals surface area (Å²) in [6.07, 6.45) is 1.06. The van der Waals surface area contributed by atoms with Crippen molar-refractivity contribution in [1.29, 1.82) is 0 Å². The van der Waals surface area contributed by atoms with Crippen LogP contribution in [0.15, 0.2) is 18.2 Å². The van der Waals surface area contributed by atoms with Gasteiger partial charge in [0.1, 0.15) is 11.3 Å². The van der Waals surface area contributed by atoms with Crippen molar-refractivity contribution in [3.8, 4) is 0 Å². The number of amides is 1. The maximum absolute atomic E-state index is 14.0. The summed E-state index contributed by atoms with van der Waals surface area (Å²) in [5, 5.41) is 4.78. The molecule has 0 aliphatic heterocycles. The Bertz CT molecular complexity index is 950. The van der Waals surface area contributed by atoms with Crippen LogP contribution >= 0.6 is 11.3 Å². The highest BCUT2D eigenvalue weighted by Gasteiger charge is 2.21. The van der Waals surface area contributed by atoms with Crippen LogP contribution in [0, 0.1) is 25.5 Å². The molecule has 0 unspecified atom stereocenters. The third-order valence-corrected chi connectivity index (χ3v) is 5.06. The number of aryl methyl sites for hydroxylation is 2. The Balaban J connectivity index is 1.92. The minimum absolute atomic E-state index is 0.0889. The van der Waals surface area contributed by atoms with E-state index in [9.17, 15) is 13.6 Å². The van der Waals surface area contributed by atoms with Gasteiger partial charge in [0.25, 0.3) is 0 Å². The van der Waals surface area contributed by atoms with Crippen molar-refractivity contribution in [3.63, 3.8) is 0 Å². The Hall–Kier alpha value is -2.35. The van der Waals surface area contributed by atoms with Gasteiger partial charge in [-0.1, -0.05) is 18.3 Å². The second kappa shape index (κ2) is 7.49. The van der Waals surface area contributed by atoms with E-state index in [1.165, 1.54) is 6.07 Å². The molecule has 2 heterocycles. The third-order valence-electron chi connectivity index (χ3n) is 4.04. The van der Waals surface area contributed by atoms with Crippen LogP contribution in [0.4, 0.5) is 13.9 Å². The fraction of sp³-hybridized carbons (Fsp3) is 0.389. The molecule has 138 valence electrons. The standard InChI is InChI=1S/C18H20F2N4OS/c1-4-5-16(25)23(6-7-24-12(3)8-11(2)22-24)18-21-17-14(20)9-13(19)10-15(17)26-18/h8-10H,4-7H2,1-3H3. The van der Waals surface area contributed by atoms with Crippen molar-refractivity contribution >= 4 is 32.6 Å². The summed E-state index contributed by atoms with van der Waals surface area (Å²) in [7, 11) is 0. The van der Waals surface area contributed by atoms with E-state index in [1.807, 2.05) is 31.5 Å². The molecular weight excluding hydrogens is 358 g/mol. The van der Waals surface area contributed by atoms with Gasteiger partial charge in [-0.25, -0.2) is 13.8 Å². The number of anilines is 1. The van der Waals surface area contributed by atoms with Crippen LogP contribution in [0.25, 0.3) is 10.2 Å². The fourth-order valence-electron chi connectivity index (χ4n) is 2.83. The maximum atomic E-state index is 14.0. The largest absolute Gasteiger partial charge is 0.286 e. The number of aromatic nitrogens is 3. The number of thiazole rings is 1. The number of benzene rings is 1. The molecule has 0 fully saturated rings. The van der Waals surface area contributed by atoms with Gasteiger partial charge in [0.2, 0.25) is 5.91 Å². The molecule has 1 aromatic carbocycles. The van der Waals surface area contributed by atoms with E-state index in [-0.39, 0.29) is 11.4 Å². The number of carbonyl (C=O) groups is 1. The molecule has 5 nitrogen and oxygen atoms in total. The number of rotatable bonds is 6. The van der Waals surface area contributed by atoms with E-state index in [2.05, 4.69) is 10.1 Å². The average molecular weight is 378 g/mol. The van der Waals surface area contributed by atoms with Crippen LogP contribution in [-0.4, -0.2) is 27.2 Å². The number of carbonyl (C=O) groups excluding carboxylic acids is 1. The van der Waals surface area contributed by atoms with E-state index in [1.54, 1.807) is 4.90 Å². The lowest BCUT2D eigenvalue weighted by molar-refractivity contribution is -0.118. The molecule has 0 bridgehead atoms. The monoisotopic (exact) mass is 378 g/mol. The average Bonchev–Trinajstić information content (AvgIpc) is 3.11. The molecule has 2 aromatic heterocycles. The SMILES string of the molecule is CCCC(=O)N(CCn1nc(C)cc1C)c1nc2c(F)cc(F)cc2s1. The first-order valence-electron chi connectivity index (χ1n) is 8.46. The summed E-state index contributed by atoms with van der Waals surface area (Å²) in [5.41, 5.74) is 2.00. The minimum Gasteiger partial charge on any atom is -0.286 e. The summed E-state index contributed by atoms with van der Waals surface area (Å²) >= 11 is 1.12. The topological polar surface area (TPSA) is 51.0 Å². The van der Waals surface area contributed by atoms with Crippen LogP contribution < -0.4 is 4.90 Å². The van der Waals surface area contributed by atoms with Crippen molar-refractivity contribution < 1.29 is 13.6 Å². The summed E-state index contributed by atoms with van der Waals surface area (Å²) in [4.78, 5) is 18.4. The van der Waals surface area contributed by atoms with Gasteiger partial charge < -0.3 is 0 Å². The summed E-state index contributed by atoms with van der Waals surface area (Å²) in [6, 6.07) is 4.01. The normalized spacial score (nSPS) is 11.3.